The van der Waals surface area contributed by atoms with Gasteiger partial charge >= 0.3 is 5.97 Å². The second-order valence-corrected chi connectivity index (χ2v) is 5.91. The van der Waals surface area contributed by atoms with Gasteiger partial charge < -0.3 is 20.3 Å². The Labute approximate surface area is 151 Å². The molecule has 1 atom stereocenters. The first-order valence-corrected chi connectivity index (χ1v) is 8.58. The third-order valence-electron chi connectivity index (χ3n) is 3.94. The number of esters is 1. The number of hydrogen-bond donors (Lipinski definition) is 2. The van der Waals surface area contributed by atoms with Crippen molar-refractivity contribution in [2.75, 3.05) is 24.5 Å². The normalized spacial score (nSPS) is 14.7. The molecule has 1 saturated heterocycles. The summed E-state index contributed by atoms with van der Waals surface area (Å²) in [7, 11) is 0. The van der Waals surface area contributed by atoms with E-state index in [1.165, 1.54) is 6.92 Å². The lowest BCUT2D eigenvalue weighted by atomic mass is 10.2. The van der Waals surface area contributed by atoms with Crippen molar-refractivity contribution >= 4 is 29.4 Å². The van der Waals surface area contributed by atoms with Crippen molar-refractivity contribution in [3.05, 3.63) is 29.8 Å². The molecule has 0 bridgehead atoms. The lowest BCUT2D eigenvalue weighted by Crippen LogP contribution is -2.38. The van der Waals surface area contributed by atoms with Crippen molar-refractivity contribution < 1.29 is 23.9 Å². The first kappa shape index (κ1) is 19.4. The van der Waals surface area contributed by atoms with Gasteiger partial charge in [0.25, 0.3) is 11.8 Å². The van der Waals surface area contributed by atoms with Gasteiger partial charge in [0, 0.05) is 30.8 Å². The van der Waals surface area contributed by atoms with Gasteiger partial charge in [0.05, 0.1) is 0 Å². The Hall–Kier alpha value is -2.90. The summed E-state index contributed by atoms with van der Waals surface area (Å²) in [5.74, 6) is -1.45. The highest BCUT2D eigenvalue weighted by Crippen LogP contribution is 2.21. The molecule has 140 valence electrons. The summed E-state index contributed by atoms with van der Waals surface area (Å²) in [6, 6.07) is 6.60. The summed E-state index contributed by atoms with van der Waals surface area (Å²) < 4.78 is 4.94. The molecule has 0 radical (unpaired) electrons. The molecular weight excluding hydrogens is 338 g/mol. The van der Waals surface area contributed by atoms with E-state index in [-0.39, 0.29) is 18.4 Å². The molecule has 0 unspecified atom stereocenters. The summed E-state index contributed by atoms with van der Waals surface area (Å²) in [6.07, 6.45) is 0.452. The van der Waals surface area contributed by atoms with E-state index in [0.717, 1.165) is 12.1 Å². The molecule has 1 aromatic carbocycles. The third kappa shape index (κ3) is 5.05. The molecular formula is C18H23N3O5. The molecule has 1 aliphatic heterocycles. The Balaban J connectivity index is 1.83. The fraction of sp³-hybridized carbons (Fsp3) is 0.444. The maximum Gasteiger partial charge on any atom is 0.326 e. The number of hydrogen-bond acceptors (Lipinski definition) is 5. The average molecular weight is 361 g/mol. The second-order valence-electron chi connectivity index (χ2n) is 5.91. The van der Waals surface area contributed by atoms with Crippen molar-refractivity contribution in [3.8, 4) is 0 Å². The van der Waals surface area contributed by atoms with Crippen LogP contribution in [0.2, 0.25) is 0 Å². The molecule has 1 heterocycles. The molecule has 2 N–H and O–H groups in total. The number of nitrogens with zero attached hydrogens (tertiary/aromatic N) is 1. The molecule has 1 aliphatic rings. The summed E-state index contributed by atoms with van der Waals surface area (Å²) in [5, 5.41) is 4.99. The van der Waals surface area contributed by atoms with Gasteiger partial charge in [-0.05, 0) is 44.5 Å². The molecule has 2 rings (SSSR count). The Morgan fingerprint density at radius 3 is 2.46 bits per heavy atom. The zero-order valence-corrected chi connectivity index (χ0v) is 14.9. The van der Waals surface area contributed by atoms with E-state index >= 15 is 0 Å². The van der Waals surface area contributed by atoms with Crippen molar-refractivity contribution in [2.24, 2.45) is 0 Å². The minimum atomic E-state index is -0.920. The van der Waals surface area contributed by atoms with E-state index in [1.807, 2.05) is 0 Å². The van der Waals surface area contributed by atoms with E-state index in [2.05, 4.69) is 10.6 Å². The number of carbonyl (C=O) groups is 4. The van der Waals surface area contributed by atoms with Crippen LogP contribution < -0.4 is 15.5 Å². The van der Waals surface area contributed by atoms with Crippen LogP contribution in [0.25, 0.3) is 0 Å². The van der Waals surface area contributed by atoms with Gasteiger partial charge in [0.2, 0.25) is 5.91 Å². The van der Waals surface area contributed by atoms with Gasteiger partial charge in [0.15, 0.2) is 6.10 Å². The number of amides is 3. The minimum absolute atomic E-state index is 0.0752. The SMILES string of the molecule is CCNC(=O)[C@@H](C)OC(=O)CNC(=O)c1ccc(N2CCCC2=O)cc1. The molecule has 0 aliphatic carbocycles. The number of anilines is 1. The predicted octanol–water partition coefficient (Wildman–Crippen LogP) is 0.611. The van der Waals surface area contributed by atoms with Crippen LogP contribution in [-0.4, -0.2) is 49.4 Å². The van der Waals surface area contributed by atoms with Crippen LogP contribution in [0.15, 0.2) is 24.3 Å². The lowest BCUT2D eigenvalue weighted by molar-refractivity contribution is -0.153. The second kappa shape index (κ2) is 8.98. The summed E-state index contributed by atoms with van der Waals surface area (Å²) in [4.78, 5) is 48.7. The highest BCUT2D eigenvalue weighted by molar-refractivity contribution is 5.98. The van der Waals surface area contributed by atoms with Crippen LogP contribution in [0, 0.1) is 0 Å². The minimum Gasteiger partial charge on any atom is -0.451 e. The zero-order chi connectivity index (χ0) is 19.1. The number of benzene rings is 1. The molecule has 1 aromatic rings. The number of carbonyl (C=O) groups excluding carboxylic acids is 4. The van der Waals surface area contributed by atoms with E-state index in [9.17, 15) is 19.2 Å². The number of rotatable bonds is 7. The van der Waals surface area contributed by atoms with E-state index in [1.54, 1.807) is 36.1 Å². The van der Waals surface area contributed by atoms with Crippen molar-refractivity contribution in [2.45, 2.75) is 32.8 Å². The van der Waals surface area contributed by atoms with Gasteiger partial charge in [-0.2, -0.15) is 0 Å². The molecule has 1 fully saturated rings. The molecule has 0 saturated carbocycles. The molecule has 26 heavy (non-hydrogen) atoms. The lowest BCUT2D eigenvalue weighted by Gasteiger charge is -2.16. The fourth-order valence-electron chi connectivity index (χ4n) is 2.58. The highest BCUT2D eigenvalue weighted by atomic mass is 16.5. The summed E-state index contributed by atoms with van der Waals surface area (Å²) in [6.45, 7) is 4.01. The van der Waals surface area contributed by atoms with E-state index in [0.29, 0.717) is 25.1 Å². The first-order chi connectivity index (χ1) is 12.4. The maximum absolute atomic E-state index is 12.1. The van der Waals surface area contributed by atoms with Crippen LogP contribution in [0.5, 0.6) is 0 Å². The van der Waals surface area contributed by atoms with Gasteiger partial charge in [-0.25, -0.2) is 0 Å². The summed E-state index contributed by atoms with van der Waals surface area (Å²) >= 11 is 0. The van der Waals surface area contributed by atoms with Crippen molar-refractivity contribution in [3.63, 3.8) is 0 Å². The third-order valence-corrected chi connectivity index (χ3v) is 3.94. The largest absolute Gasteiger partial charge is 0.451 e. The van der Waals surface area contributed by atoms with Crippen LogP contribution in [-0.2, 0) is 19.1 Å². The van der Waals surface area contributed by atoms with Crippen molar-refractivity contribution in [1.29, 1.82) is 0 Å². The topological polar surface area (TPSA) is 105 Å². The van der Waals surface area contributed by atoms with Gasteiger partial charge in [0.1, 0.15) is 6.54 Å². The molecule has 8 nitrogen and oxygen atoms in total. The summed E-state index contributed by atoms with van der Waals surface area (Å²) in [5.41, 5.74) is 1.11. The molecule has 0 spiro atoms. The molecule has 0 aromatic heterocycles. The number of nitrogens with one attached hydrogen (secondary N) is 2. The number of likely N-dealkylation sites (N-methyl/N-ethyl adjacent to an activating group) is 1. The Bertz CT molecular complexity index is 687. The van der Waals surface area contributed by atoms with E-state index in [4.69, 9.17) is 4.74 Å². The Morgan fingerprint density at radius 1 is 1.19 bits per heavy atom. The zero-order valence-electron chi connectivity index (χ0n) is 14.9. The fourth-order valence-corrected chi connectivity index (χ4v) is 2.58. The van der Waals surface area contributed by atoms with Crippen LogP contribution in [0.1, 0.15) is 37.0 Å². The Morgan fingerprint density at radius 2 is 1.88 bits per heavy atom. The number of ether oxygens (including phenoxy) is 1. The average Bonchev–Trinajstić information content (AvgIpc) is 3.06. The van der Waals surface area contributed by atoms with Gasteiger partial charge in [-0.3, -0.25) is 19.2 Å². The standard InChI is InChI=1S/C18H23N3O5/c1-3-19-17(24)12(2)26-16(23)11-20-18(25)13-6-8-14(9-7-13)21-10-4-5-15(21)22/h6-9,12H,3-5,10-11H2,1-2H3,(H,19,24)(H,20,25)/t12-/m1/s1. The molecule has 8 heteroatoms. The molecule has 3 amide bonds. The first-order valence-electron chi connectivity index (χ1n) is 8.58. The van der Waals surface area contributed by atoms with Crippen LogP contribution in [0.4, 0.5) is 5.69 Å². The van der Waals surface area contributed by atoms with Crippen LogP contribution >= 0.6 is 0 Å². The highest BCUT2D eigenvalue weighted by Gasteiger charge is 2.22. The monoisotopic (exact) mass is 361 g/mol. The maximum atomic E-state index is 12.1. The predicted molar refractivity (Wildman–Crippen MR) is 94.6 cm³/mol. The quantitative estimate of drug-likeness (QED) is 0.693. The van der Waals surface area contributed by atoms with Gasteiger partial charge in [-0.1, -0.05) is 0 Å². The van der Waals surface area contributed by atoms with Crippen LogP contribution in [0.3, 0.4) is 0 Å². The van der Waals surface area contributed by atoms with Gasteiger partial charge in [-0.15, -0.1) is 0 Å². The smallest absolute Gasteiger partial charge is 0.326 e. The van der Waals surface area contributed by atoms with E-state index < -0.39 is 18.0 Å². The Kier molecular flexibility index (Phi) is 6.71. The van der Waals surface area contributed by atoms with Crippen molar-refractivity contribution in [1.82, 2.24) is 10.6 Å².